The molecule has 3 aromatic rings. The first-order chi connectivity index (χ1) is 12.6. The number of hydrogen-bond acceptors (Lipinski definition) is 3. The molecule has 1 fully saturated rings. The van der Waals surface area contributed by atoms with Gasteiger partial charge in [0, 0.05) is 29.2 Å². The van der Waals surface area contributed by atoms with Crippen LogP contribution < -0.4 is 5.43 Å². The summed E-state index contributed by atoms with van der Waals surface area (Å²) in [6.07, 6.45) is 3.51. The molecule has 1 saturated heterocycles. The molecule has 0 unspecified atom stereocenters. The molecule has 5 nitrogen and oxygen atoms in total. The normalized spacial score (nSPS) is 15.3. The molecule has 1 amide bonds. The van der Waals surface area contributed by atoms with Crippen molar-refractivity contribution in [3.8, 4) is 11.4 Å². The number of nitrogens with zero attached hydrogens (tertiary/aromatic N) is 2. The third-order valence-electron chi connectivity index (χ3n) is 4.80. The first-order valence-electron chi connectivity index (χ1n) is 8.92. The second kappa shape index (κ2) is 7.09. The van der Waals surface area contributed by atoms with Gasteiger partial charge in [0.2, 0.25) is 0 Å². The summed E-state index contributed by atoms with van der Waals surface area (Å²) < 4.78 is 0. The van der Waals surface area contributed by atoms with E-state index in [1.165, 1.54) is 6.42 Å². The minimum absolute atomic E-state index is 0.0644. The van der Waals surface area contributed by atoms with Crippen LogP contribution in [0, 0.1) is 6.92 Å². The van der Waals surface area contributed by atoms with E-state index in [2.05, 4.69) is 15.4 Å². The summed E-state index contributed by atoms with van der Waals surface area (Å²) in [5.41, 5.74) is 7.37. The summed E-state index contributed by atoms with van der Waals surface area (Å²) in [6.45, 7) is 3.81. The summed E-state index contributed by atoms with van der Waals surface area (Å²) in [5.74, 6) is 0.704. The topological polar surface area (TPSA) is 61.0 Å². The Morgan fingerprint density at radius 2 is 1.88 bits per heavy atom. The zero-order valence-corrected chi connectivity index (χ0v) is 15.4. The van der Waals surface area contributed by atoms with E-state index < -0.39 is 0 Å². The SMILES string of the molecule is Cc1cc2[nH]c(-c3ccc(C(=O)NN4CCCCC4)cc3)nc2cc1Cl. The van der Waals surface area contributed by atoms with Gasteiger partial charge in [-0.05, 0) is 49.6 Å². The number of carbonyl (C=O) groups excluding carboxylic acids is 1. The van der Waals surface area contributed by atoms with Crippen LogP contribution >= 0.6 is 11.6 Å². The van der Waals surface area contributed by atoms with Gasteiger partial charge >= 0.3 is 0 Å². The van der Waals surface area contributed by atoms with Crippen molar-refractivity contribution in [1.82, 2.24) is 20.4 Å². The highest BCUT2D eigenvalue weighted by Crippen LogP contribution is 2.25. The molecule has 2 heterocycles. The molecular weight excluding hydrogens is 348 g/mol. The number of piperidine rings is 1. The average molecular weight is 369 g/mol. The molecule has 0 saturated carbocycles. The number of benzene rings is 2. The molecular formula is C20H21ClN4O. The van der Waals surface area contributed by atoms with Gasteiger partial charge in [-0.3, -0.25) is 10.2 Å². The van der Waals surface area contributed by atoms with Crippen LogP contribution in [-0.4, -0.2) is 34.0 Å². The van der Waals surface area contributed by atoms with Crippen LogP contribution in [0.1, 0.15) is 35.2 Å². The Balaban J connectivity index is 1.52. The number of H-pyrrole nitrogens is 1. The number of amides is 1. The number of halogens is 1. The zero-order chi connectivity index (χ0) is 18.1. The van der Waals surface area contributed by atoms with E-state index in [9.17, 15) is 4.79 Å². The predicted octanol–water partition coefficient (Wildman–Crippen LogP) is 4.32. The Morgan fingerprint density at radius 3 is 2.62 bits per heavy atom. The molecule has 0 bridgehead atoms. The fourth-order valence-corrected chi connectivity index (χ4v) is 3.43. The molecule has 26 heavy (non-hydrogen) atoms. The van der Waals surface area contributed by atoms with Crippen molar-refractivity contribution in [3.63, 3.8) is 0 Å². The smallest absolute Gasteiger partial charge is 0.265 e. The summed E-state index contributed by atoms with van der Waals surface area (Å²) in [4.78, 5) is 20.3. The molecule has 6 heteroatoms. The summed E-state index contributed by atoms with van der Waals surface area (Å²) >= 11 is 6.18. The minimum Gasteiger partial charge on any atom is -0.338 e. The lowest BCUT2D eigenvalue weighted by Crippen LogP contribution is -2.45. The lowest BCUT2D eigenvalue weighted by Gasteiger charge is -2.26. The molecule has 0 spiro atoms. The molecule has 0 aliphatic carbocycles. The van der Waals surface area contributed by atoms with E-state index >= 15 is 0 Å². The van der Waals surface area contributed by atoms with E-state index in [1.54, 1.807) is 0 Å². The molecule has 2 aromatic carbocycles. The number of imidazole rings is 1. The number of rotatable bonds is 3. The number of nitrogens with one attached hydrogen (secondary N) is 2. The van der Waals surface area contributed by atoms with Crippen LogP contribution in [0.2, 0.25) is 5.02 Å². The van der Waals surface area contributed by atoms with Crippen molar-refractivity contribution in [2.24, 2.45) is 0 Å². The standard InChI is InChI=1S/C20H21ClN4O/c1-13-11-17-18(12-16(13)21)23-19(22-17)14-5-7-15(8-6-14)20(26)24-25-9-3-2-4-10-25/h5-8,11-12H,2-4,9-10H2,1H3,(H,22,23)(H,24,26). The van der Waals surface area contributed by atoms with Gasteiger partial charge < -0.3 is 4.98 Å². The molecule has 1 aliphatic rings. The number of fused-ring (bicyclic) bond motifs is 1. The maximum atomic E-state index is 12.4. The summed E-state index contributed by atoms with van der Waals surface area (Å²) in [7, 11) is 0. The van der Waals surface area contributed by atoms with Crippen LogP contribution in [0.3, 0.4) is 0 Å². The monoisotopic (exact) mass is 368 g/mol. The van der Waals surface area contributed by atoms with E-state index in [1.807, 2.05) is 48.3 Å². The van der Waals surface area contributed by atoms with E-state index in [0.29, 0.717) is 10.6 Å². The number of hydrogen-bond donors (Lipinski definition) is 2. The zero-order valence-electron chi connectivity index (χ0n) is 14.7. The Labute approximate surface area is 157 Å². The van der Waals surface area contributed by atoms with Gasteiger partial charge in [0.25, 0.3) is 5.91 Å². The predicted molar refractivity (Wildman–Crippen MR) is 104 cm³/mol. The van der Waals surface area contributed by atoms with Crippen LogP contribution in [0.15, 0.2) is 36.4 Å². The first-order valence-corrected chi connectivity index (χ1v) is 9.30. The van der Waals surface area contributed by atoms with Crippen molar-refractivity contribution in [2.45, 2.75) is 26.2 Å². The van der Waals surface area contributed by atoms with E-state index in [4.69, 9.17) is 11.6 Å². The first kappa shape index (κ1) is 17.1. The van der Waals surface area contributed by atoms with Gasteiger partial charge in [0.15, 0.2) is 0 Å². The van der Waals surface area contributed by atoms with Crippen LogP contribution in [0.25, 0.3) is 22.4 Å². The Bertz CT molecular complexity index is 903. The van der Waals surface area contributed by atoms with Crippen molar-refractivity contribution in [3.05, 3.63) is 52.5 Å². The van der Waals surface area contributed by atoms with Crippen molar-refractivity contribution in [1.29, 1.82) is 0 Å². The van der Waals surface area contributed by atoms with Crippen molar-refractivity contribution in [2.75, 3.05) is 13.1 Å². The van der Waals surface area contributed by atoms with Gasteiger partial charge in [-0.25, -0.2) is 9.99 Å². The number of aryl methyl sites for hydroxylation is 1. The van der Waals surface area contributed by atoms with Gasteiger partial charge in [0.05, 0.1) is 11.0 Å². The highest BCUT2D eigenvalue weighted by atomic mass is 35.5. The number of carbonyl (C=O) groups is 1. The summed E-state index contributed by atoms with van der Waals surface area (Å²) in [6, 6.07) is 11.4. The Hall–Kier alpha value is -2.37. The van der Waals surface area contributed by atoms with Crippen LogP contribution in [-0.2, 0) is 0 Å². The largest absolute Gasteiger partial charge is 0.338 e. The van der Waals surface area contributed by atoms with Crippen molar-refractivity contribution < 1.29 is 4.79 Å². The third kappa shape index (κ3) is 3.45. The Kier molecular flexibility index (Phi) is 4.66. The van der Waals surface area contributed by atoms with Gasteiger partial charge in [-0.1, -0.05) is 30.2 Å². The lowest BCUT2D eigenvalue weighted by molar-refractivity contribution is 0.0750. The second-order valence-electron chi connectivity index (χ2n) is 6.77. The fraction of sp³-hybridized carbons (Fsp3) is 0.300. The molecule has 2 N–H and O–H groups in total. The minimum atomic E-state index is -0.0644. The second-order valence-corrected chi connectivity index (χ2v) is 7.18. The van der Waals surface area contributed by atoms with Crippen LogP contribution in [0.5, 0.6) is 0 Å². The van der Waals surface area contributed by atoms with Crippen molar-refractivity contribution >= 4 is 28.5 Å². The van der Waals surface area contributed by atoms with Gasteiger partial charge in [-0.15, -0.1) is 0 Å². The highest BCUT2D eigenvalue weighted by Gasteiger charge is 2.14. The molecule has 0 radical (unpaired) electrons. The molecule has 1 aromatic heterocycles. The quantitative estimate of drug-likeness (QED) is 0.723. The summed E-state index contributed by atoms with van der Waals surface area (Å²) in [5, 5.41) is 2.71. The van der Waals surface area contributed by atoms with Crippen LogP contribution in [0.4, 0.5) is 0 Å². The number of aromatic amines is 1. The molecule has 1 aliphatic heterocycles. The molecule has 4 rings (SSSR count). The number of aromatic nitrogens is 2. The fourth-order valence-electron chi connectivity index (χ4n) is 3.27. The maximum Gasteiger partial charge on any atom is 0.265 e. The highest BCUT2D eigenvalue weighted by molar-refractivity contribution is 6.32. The third-order valence-corrected chi connectivity index (χ3v) is 5.21. The Morgan fingerprint density at radius 1 is 1.15 bits per heavy atom. The lowest BCUT2D eigenvalue weighted by atomic mass is 10.1. The maximum absolute atomic E-state index is 12.4. The van der Waals surface area contributed by atoms with Gasteiger partial charge in [-0.2, -0.15) is 0 Å². The molecule has 0 atom stereocenters. The average Bonchev–Trinajstić information content (AvgIpc) is 3.06. The van der Waals surface area contributed by atoms with Gasteiger partial charge in [0.1, 0.15) is 5.82 Å². The van der Waals surface area contributed by atoms with E-state index in [-0.39, 0.29) is 5.91 Å². The molecule has 134 valence electrons. The number of hydrazine groups is 1. The van der Waals surface area contributed by atoms with E-state index in [0.717, 1.165) is 53.9 Å².